The van der Waals surface area contributed by atoms with Gasteiger partial charge in [0.25, 0.3) is 0 Å². The summed E-state index contributed by atoms with van der Waals surface area (Å²) in [5.41, 5.74) is 1.65. The van der Waals surface area contributed by atoms with Crippen LogP contribution in [0.3, 0.4) is 0 Å². The second kappa shape index (κ2) is 8.20. The van der Waals surface area contributed by atoms with Crippen LogP contribution in [0.1, 0.15) is 5.56 Å². The number of piperazine rings is 1. The van der Waals surface area contributed by atoms with Gasteiger partial charge < -0.3 is 14.4 Å². The largest absolute Gasteiger partial charge is 0.493 e. The van der Waals surface area contributed by atoms with Gasteiger partial charge in [-0.25, -0.2) is 8.42 Å². The first-order valence-corrected chi connectivity index (χ1v) is 12.2. The normalized spacial score (nSPS) is 23.3. The summed E-state index contributed by atoms with van der Waals surface area (Å²) < 4.78 is 36.6. The Morgan fingerprint density at radius 1 is 1.00 bits per heavy atom. The topological polar surface area (TPSA) is 76.2 Å². The number of sulfone groups is 1. The lowest BCUT2D eigenvalue weighted by atomic mass is 10.0. The zero-order chi connectivity index (χ0) is 21.5. The molecule has 0 saturated carbocycles. The molecule has 0 aromatic heterocycles. The number of hydrogen-bond acceptors (Lipinski definition) is 6. The molecular formula is C21H23BrN2O5S. The zero-order valence-electron chi connectivity index (χ0n) is 16.7. The quantitative estimate of drug-likeness (QED) is 0.635. The predicted octanol–water partition coefficient (Wildman–Crippen LogP) is 2.48. The van der Waals surface area contributed by atoms with Crippen LogP contribution in [0.15, 0.2) is 46.9 Å². The average molecular weight is 495 g/mol. The fourth-order valence-electron chi connectivity index (χ4n) is 4.28. The highest BCUT2D eigenvalue weighted by molar-refractivity contribution is 9.10. The molecule has 0 bridgehead atoms. The van der Waals surface area contributed by atoms with Gasteiger partial charge in [0.2, 0.25) is 5.91 Å². The molecule has 9 heteroatoms. The number of rotatable bonds is 5. The third-order valence-corrected chi connectivity index (χ3v) is 7.87. The van der Waals surface area contributed by atoms with Crippen molar-refractivity contribution < 1.29 is 22.7 Å². The smallest absolute Gasteiger partial charge is 0.241 e. The number of halogens is 1. The number of ether oxygens (including phenoxy) is 2. The fourth-order valence-corrected chi connectivity index (χ4v) is 6.53. The number of carbonyl (C=O) groups is 1. The van der Waals surface area contributed by atoms with E-state index >= 15 is 0 Å². The van der Waals surface area contributed by atoms with Crippen molar-refractivity contribution >= 4 is 37.4 Å². The lowest BCUT2D eigenvalue weighted by Gasteiger charge is -2.43. The van der Waals surface area contributed by atoms with E-state index in [1.165, 1.54) is 0 Å². The van der Waals surface area contributed by atoms with E-state index in [0.29, 0.717) is 18.0 Å². The number of carbonyl (C=O) groups excluding carboxylic acids is 1. The first kappa shape index (κ1) is 21.1. The summed E-state index contributed by atoms with van der Waals surface area (Å²) in [6.07, 6.45) is 0. The summed E-state index contributed by atoms with van der Waals surface area (Å²) in [6, 6.07) is 12.3. The highest BCUT2D eigenvalue weighted by Gasteiger charge is 2.49. The van der Waals surface area contributed by atoms with E-state index in [-0.39, 0.29) is 30.0 Å². The Balaban J connectivity index is 1.64. The molecule has 2 saturated heterocycles. The molecule has 2 aromatic carbocycles. The number of benzene rings is 2. The van der Waals surface area contributed by atoms with Crippen molar-refractivity contribution in [3.63, 3.8) is 0 Å². The van der Waals surface area contributed by atoms with Crippen molar-refractivity contribution in [1.29, 1.82) is 0 Å². The van der Waals surface area contributed by atoms with Crippen LogP contribution in [0.2, 0.25) is 0 Å². The van der Waals surface area contributed by atoms with Gasteiger partial charge in [-0.3, -0.25) is 9.69 Å². The van der Waals surface area contributed by atoms with E-state index in [9.17, 15) is 13.2 Å². The van der Waals surface area contributed by atoms with Gasteiger partial charge in [0.15, 0.2) is 21.3 Å². The van der Waals surface area contributed by atoms with Gasteiger partial charge in [-0.05, 0) is 42.0 Å². The predicted molar refractivity (Wildman–Crippen MR) is 118 cm³/mol. The molecule has 0 N–H and O–H groups in total. The third kappa shape index (κ3) is 4.06. The van der Waals surface area contributed by atoms with E-state index in [2.05, 4.69) is 15.9 Å². The Hall–Kier alpha value is -2.10. The number of methoxy groups -OCH3 is 2. The van der Waals surface area contributed by atoms with Crippen molar-refractivity contribution in [2.24, 2.45) is 0 Å². The Kier molecular flexibility index (Phi) is 5.78. The molecule has 7 nitrogen and oxygen atoms in total. The van der Waals surface area contributed by atoms with Crippen LogP contribution < -0.4 is 14.4 Å². The summed E-state index contributed by atoms with van der Waals surface area (Å²) in [4.78, 5) is 16.7. The first-order valence-electron chi connectivity index (χ1n) is 9.54. The molecule has 0 radical (unpaired) electrons. The standard InChI is InChI=1S/C21H23BrN2O5S/c1-28-19-8-3-14(9-20(19)29-2)10-23-11-21(25)24(16-6-4-15(22)5-7-16)18-13-30(26,27)12-17(18)23/h3-9,17-18H,10-13H2,1-2H3/t17-,18-/m1/s1. The Morgan fingerprint density at radius 3 is 2.33 bits per heavy atom. The number of amides is 1. The van der Waals surface area contributed by atoms with E-state index in [4.69, 9.17) is 9.47 Å². The molecule has 0 aliphatic carbocycles. The van der Waals surface area contributed by atoms with Crippen molar-refractivity contribution in [1.82, 2.24) is 4.90 Å². The number of fused-ring (bicyclic) bond motifs is 1. The molecular weight excluding hydrogens is 472 g/mol. The van der Waals surface area contributed by atoms with Crippen molar-refractivity contribution in [3.05, 3.63) is 52.5 Å². The summed E-state index contributed by atoms with van der Waals surface area (Å²) >= 11 is 3.40. The summed E-state index contributed by atoms with van der Waals surface area (Å²) in [6.45, 7) is 0.609. The number of nitrogens with zero attached hydrogens (tertiary/aromatic N) is 2. The monoisotopic (exact) mass is 494 g/mol. The highest BCUT2D eigenvalue weighted by Crippen LogP contribution is 2.34. The Morgan fingerprint density at radius 2 is 1.67 bits per heavy atom. The summed E-state index contributed by atoms with van der Waals surface area (Å²) in [5.74, 6) is 1.15. The minimum atomic E-state index is -3.24. The van der Waals surface area contributed by atoms with E-state index < -0.39 is 15.9 Å². The van der Waals surface area contributed by atoms with Crippen LogP contribution in [0.4, 0.5) is 5.69 Å². The Bertz CT molecular complexity index is 1060. The molecule has 2 aromatic rings. The maximum Gasteiger partial charge on any atom is 0.241 e. The minimum absolute atomic E-state index is 0.0259. The lowest BCUT2D eigenvalue weighted by molar-refractivity contribution is -0.123. The molecule has 2 aliphatic heterocycles. The molecule has 1 amide bonds. The third-order valence-electron chi connectivity index (χ3n) is 5.64. The van der Waals surface area contributed by atoms with Gasteiger partial charge in [0, 0.05) is 22.7 Å². The maximum atomic E-state index is 13.1. The zero-order valence-corrected chi connectivity index (χ0v) is 19.1. The first-order chi connectivity index (χ1) is 14.3. The fraction of sp³-hybridized carbons (Fsp3) is 0.381. The molecule has 2 aliphatic rings. The average Bonchev–Trinajstić information content (AvgIpc) is 3.04. The van der Waals surface area contributed by atoms with Crippen LogP contribution >= 0.6 is 15.9 Å². The van der Waals surface area contributed by atoms with Gasteiger partial charge in [0.05, 0.1) is 38.3 Å². The van der Waals surface area contributed by atoms with Gasteiger partial charge >= 0.3 is 0 Å². The van der Waals surface area contributed by atoms with Gasteiger partial charge in [0.1, 0.15) is 0 Å². The summed E-state index contributed by atoms with van der Waals surface area (Å²) in [5, 5.41) is 0. The van der Waals surface area contributed by atoms with Crippen LogP contribution in [0.25, 0.3) is 0 Å². The Labute approximate surface area is 184 Å². The lowest BCUT2D eigenvalue weighted by Crippen LogP contribution is -2.61. The van der Waals surface area contributed by atoms with Crippen LogP contribution in [-0.4, -0.2) is 63.6 Å². The molecule has 30 heavy (non-hydrogen) atoms. The number of hydrogen-bond donors (Lipinski definition) is 0. The molecule has 2 heterocycles. The second-order valence-electron chi connectivity index (χ2n) is 7.55. The second-order valence-corrected chi connectivity index (χ2v) is 10.6. The number of anilines is 1. The summed E-state index contributed by atoms with van der Waals surface area (Å²) in [7, 11) is -0.0935. The van der Waals surface area contributed by atoms with Crippen LogP contribution in [0, 0.1) is 0 Å². The molecule has 2 atom stereocenters. The van der Waals surface area contributed by atoms with E-state index in [0.717, 1.165) is 15.7 Å². The highest BCUT2D eigenvalue weighted by atomic mass is 79.9. The van der Waals surface area contributed by atoms with Crippen molar-refractivity contribution in [2.75, 3.05) is 37.2 Å². The van der Waals surface area contributed by atoms with E-state index in [1.54, 1.807) is 19.1 Å². The SMILES string of the molecule is COc1ccc(CN2CC(=O)N(c3ccc(Br)cc3)[C@@H]3CS(=O)(=O)C[C@H]32)cc1OC. The molecule has 0 spiro atoms. The molecule has 160 valence electrons. The van der Waals surface area contributed by atoms with Crippen LogP contribution in [0.5, 0.6) is 11.5 Å². The molecule has 0 unspecified atom stereocenters. The minimum Gasteiger partial charge on any atom is -0.493 e. The van der Waals surface area contributed by atoms with E-state index in [1.807, 2.05) is 47.4 Å². The van der Waals surface area contributed by atoms with Gasteiger partial charge in [-0.2, -0.15) is 0 Å². The maximum absolute atomic E-state index is 13.1. The van der Waals surface area contributed by atoms with Gasteiger partial charge in [-0.1, -0.05) is 22.0 Å². The van der Waals surface area contributed by atoms with Gasteiger partial charge in [-0.15, -0.1) is 0 Å². The molecule has 2 fully saturated rings. The van der Waals surface area contributed by atoms with Crippen molar-refractivity contribution in [2.45, 2.75) is 18.6 Å². The molecule has 4 rings (SSSR count). The van der Waals surface area contributed by atoms with Crippen molar-refractivity contribution in [3.8, 4) is 11.5 Å². The van der Waals surface area contributed by atoms with Crippen LogP contribution in [-0.2, 0) is 21.2 Å².